The van der Waals surface area contributed by atoms with Crippen molar-refractivity contribution in [3.8, 4) is 34.5 Å². The first-order valence-electron chi connectivity index (χ1n) is 14.6. The summed E-state index contributed by atoms with van der Waals surface area (Å²) in [7, 11) is 4.05. The molecular formula is C34H34ClNO11. The topological polar surface area (TPSA) is 181 Å². The number of hydrogen-bond acceptors (Lipinski definition) is 11. The van der Waals surface area contributed by atoms with Crippen LogP contribution in [0, 0.1) is 5.92 Å². The summed E-state index contributed by atoms with van der Waals surface area (Å²) in [5, 5.41) is 45.2. The number of benzene rings is 3. The molecule has 0 aromatic heterocycles. The van der Waals surface area contributed by atoms with Gasteiger partial charge in [-0.15, -0.1) is 0 Å². The zero-order valence-electron chi connectivity index (χ0n) is 26.0. The Morgan fingerprint density at radius 2 is 1.70 bits per heavy atom. The first-order chi connectivity index (χ1) is 22.4. The standard InChI is InChI=1S/C34H34ClNO11/c1-16-10-22(39)28(32(42)34(16)33(43)29-25(45-3)14-26(46-4)30(35)31(29)47-34)20(17-8-9-21(38)24(12-17)44-2)13-27(41)36-15-23(40)18-6-5-7-19(37)11-18/h5-9,11-12,14,16,20,23,37-38,40,42H,10,13,15H2,1-4H3,(H,36,41)/t16-,20?,23?,34+/m1/s1. The smallest absolute Gasteiger partial charge is 0.231 e. The first-order valence-corrected chi connectivity index (χ1v) is 15.0. The van der Waals surface area contributed by atoms with Crippen molar-refractivity contribution < 1.29 is 53.8 Å². The van der Waals surface area contributed by atoms with Gasteiger partial charge < -0.3 is 44.7 Å². The van der Waals surface area contributed by atoms with E-state index in [1.807, 2.05) is 0 Å². The third kappa shape index (κ3) is 5.79. The lowest BCUT2D eigenvalue weighted by Gasteiger charge is -2.38. The molecule has 0 fully saturated rings. The number of nitrogens with one attached hydrogen (secondary N) is 1. The van der Waals surface area contributed by atoms with Crippen LogP contribution >= 0.6 is 11.6 Å². The predicted octanol–water partition coefficient (Wildman–Crippen LogP) is 4.54. The van der Waals surface area contributed by atoms with Crippen molar-refractivity contribution in [3.63, 3.8) is 0 Å². The maximum absolute atomic E-state index is 14.3. The zero-order valence-corrected chi connectivity index (χ0v) is 26.8. The average molecular weight is 668 g/mol. The van der Waals surface area contributed by atoms with Crippen molar-refractivity contribution >= 4 is 29.1 Å². The van der Waals surface area contributed by atoms with E-state index in [2.05, 4.69) is 5.32 Å². The molecule has 1 aliphatic carbocycles. The summed E-state index contributed by atoms with van der Waals surface area (Å²) in [6, 6.07) is 11.6. The van der Waals surface area contributed by atoms with Gasteiger partial charge in [0.25, 0.3) is 0 Å². The number of phenolic OH excluding ortho intramolecular Hbond substituents is 2. The van der Waals surface area contributed by atoms with E-state index in [0.29, 0.717) is 11.1 Å². The molecule has 47 heavy (non-hydrogen) atoms. The molecular weight excluding hydrogens is 634 g/mol. The maximum Gasteiger partial charge on any atom is 0.231 e. The van der Waals surface area contributed by atoms with Gasteiger partial charge >= 0.3 is 0 Å². The minimum atomic E-state index is -2.09. The summed E-state index contributed by atoms with van der Waals surface area (Å²) in [6.45, 7) is 1.35. The highest BCUT2D eigenvalue weighted by atomic mass is 35.5. The molecule has 1 aliphatic heterocycles. The Morgan fingerprint density at radius 1 is 1.00 bits per heavy atom. The molecule has 3 aromatic rings. The summed E-state index contributed by atoms with van der Waals surface area (Å²) < 4.78 is 22.3. The molecule has 1 heterocycles. The summed E-state index contributed by atoms with van der Waals surface area (Å²) >= 11 is 6.55. The largest absolute Gasteiger partial charge is 0.508 e. The number of carbonyl (C=O) groups is 3. The minimum Gasteiger partial charge on any atom is -0.508 e. The Balaban J connectivity index is 1.58. The molecule has 4 atom stereocenters. The van der Waals surface area contributed by atoms with Crippen LogP contribution < -0.4 is 24.3 Å². The van der Waals surface area contributed by atoms with Crippen molar-refractivity contribution in [2.75, 3.05) is 27.9 Å². The monoisotopic (exact) mass is 667 g/mol. The van der Waals surface area contributed by atoms with E-state index in [0.717, 1.165) is 0 Å². The highest BCUT2D eigenvalue weighted by Crippen LogP contribution is 2.56. The highest BCUT2D eigenvalue weighted by molar-refractivity contribution is 6.35. The van der Waals surface area contributed by atoms with Crippen LogP contribution in [0.25, 0.3) is 0 Å². The molecule has 1 amide bonds. The van der Waals surface area contributed by atoms with Gasteiger partial charge in [0.05, 0.1) is 27.4 Å². The quantitative estimate of drug-likeness (QED) is 0.205. The molecule has 3 aromatic carbocycles. The van der Waals surface area contributed by atoms with E-state index in [9.17, 15) is 34.8 Å². The number of amides is 1. The number of methoxy groups -OCH3 is 3. The van der Waals surface area contributed by atoms with Gasteiger partial charge in [0, 0.05) is 42.9 Å². The first kappa shape index (κ1) is 33.4. The number of ketones is 2. The average Bonchev–Trinajstić information content (AvgIpc) is 3.37. The lowest BCUT2D eigenvalue weighted by atomic mass is 9.69. The van der Waals surface area contributed by atoms with Crippen LogP contribution in [0.5, 0.6) is 34.5 Å². The Morgan fingerprint density at radius 3 is 2.36 bits per heavy atom. The van der Waals surface area contributed by atoms with Crippen LogP contribution in [0.4, 0.5) is 0 Å². The van der Waals surface area contributed by atoms with Crippen LogP contribution in [0.15, 0.2) is 59.9 Å². The summed E-state index contributed by atoms with van der Waals surface area (Å²) in [5.41, 5.74) is -1.69. The van der Waals surface area contributed by atoms with Gasteiger partial charge in [-0.1, -0.05) is 36.7 Å². The molecule has 2 aliphatic rings. The number of aliphatic hydroxyl groups excluding tert-OH is 2. The van der Waals surface area contributed by atoms with E-state index in [4.69, 9.17) is 30.5 Å². The van der Waals surface area contributed by atoms with Gasteiger partial charge in [-0.2, -0.15) is 0 Å². The molecule has 5 N–H and O–H groups in total. The molecule has 248 valence electrons. The molecule has 2 unspecified atom stereocenters. The van der Waals surface area contributed by atoms with Gasteiger partial charge in [0.15, 0.2) is 28.8 Å². The fourth-order valence-electron chi connectivity index (χ4n) is 6.15. The van der Waals surface area contributed by atoms with Crippen molar-refractivity contribution in [1.29, 1.82) is 0 Å². The number of aliphatic hydroxyl groups is 2. The number of carbonyl (C=O) groups excluding carboxylic acids is 3. The van der Waals surface area contributed by atoms with Gasteiger partial charge in [-0.05, 0) is 35.4 Å². The summed E-state index contributed by atoms with van der Waals surface area (Å²) in [5.74, 6) is -4.60. The third-order valence-electron chi connectivity index (χ3n) is 8.60. The number of hydrogen-bond donors (Lipinski definition) is 5. The Bertz CT molecular complexity index is 1790. The molecule has 0 bridgehead atoms. The Labute approximate surface area is 275 Å². The third-order valence-corrected chi connectivity index (χ3v) is 8.96. The van der Waals surface area contributed by atoms with E-state index >= 15 is 0 Å². The normalized spacial score (nSPS) is 20.0. The lowest BCUT2D eigenvalue weighted by Crippen LogP contribution is -2.53. The molecule has 1 spiro atoms. The summed E-state index contributed by atoms with van der Waals surface area (Å²) in [4.78, 5) is 41.5. The number of fused-ring (bicyclic) bond motifs is 1. The maximum atomic E-state index is 14.3. The van der Waals surface area contributed by atoms with Gasteiger partial charge in [0.1, 0.15) is 27.8 Å². The minimum absolute atomic E-state index is 0.0310. The summed E-state index contributed by atoms with van der Waals surface area (Å²) in [6.07, 6.45) is -1.82. The second-order valence-corrected chi connectivity index (χ2v) is 11.7. The second kappa shape index (κ2) is 13.0. The molecule has 0 radical (unpaired) electrons. The number of allylic oxidation sites excluding steroid dienone is 1. The van der Waals surface area contributed by atoms with Crippen molar-refractivity contribution in [2.45, 2.75) is 37.4 Å². The van der Waals surface area contributed by atoms with Crippen molar-refractivity contribution in [3.05, 3.63) is 81.6 Å². The fourth-order valence-corrected chi connectivity index (χ4v) is 6.42. The SMILES string of the molecule is COc1cc(C(CC(=O)NCC(O)c2cccc(O)c2)C2=C(O)[C@@]3(Oc4c(Cl)c(OC)cc(OC)c4C3=O)[C@H](C)CC2=O)ccc1O. The van der Waals surface area contributed by atoms with Crippen LogP contribution in [0.1, 0.15) is 53.3 Å². The predicted molar refractivity (Wildman–Crippen MR) is 169 cm³/mol. The van der Waals surface area contributed by atoms with E-state index < -0.39 is 53.2 Å². The van der Waals surface area contributed by atoms with E-state index in [1.165, 1.54) is 57.7 Å². The number of aromatic hydroxyl groups is 2. The Hall–Kier alpha value is -4.94. The fraction of sp³-hybridized carbons (Fsp3) is 0.324. The highest BCUT2D eigenvalue weighted by Gasteiger charge is 2.61. The van der Waals surface area contributed by atoms with Gasteiger partial charge in [0.2, 0.25) is 17.3 Å². The Kier molecular flexibility index (Phi) is 9.28. The number of ether oxygens (including phenoxy) is 4. The van der Waals surface area contributed by atoms with E-state index in [-0.39, 0.29) is 63.6 Å². The van der Waals surface area contributed by atoms with Crippen LogP contribution in [-0.2, 0) is 9.59 Å². The van der Waals surface area contributed by atoms with Crippen molar-refractivity contribution in [2.24, 2.45) is 5.92 Å². The van der Waals surface area contributed by atoms with E-state index in [1.54, 1.807) is 19.1 Å². The van der Waals surface area contributed by atoms with Gasteiger partial charge in [-0.25, -0.2) is 0 Å². The second-order valence-electron chi connectivity index (χ2n) is 11.4. The molecule has 13 heteroatoms. The van der Waals surface area contributed by atoms with Crippen molar-refractivity contribution in [1.82, 2.24) is 5.32 Å². The number of phenols is 2. The molecule has 0 saturated heterocycles. The lowest BCUT2D eigenvalue weighted by molar-refractivity contribution is -0.122. The number of halogens is 1. The molecule has 0 saturated carbocycles. The molecule has 5 rings (SSSR count). The zero-order chi connectivity index (χ0) is 34.2. The molecule has 12 nitrogen and oxygen atoms in total. The van der Waals surface area contributed by atoms with Gasteiger partial charge in [-0.3, -0.25) is 14.4 Å². The van der Waals surface area contributed by atoms with Crippen LogP contribution in [-0.4, -0.2) is 71.4 Å². The number of rotatable bonds is 10. The van der Waals surface area contributed by atoms with Crippen LogP contribution in [0.3, 0.4) is 0 Å². The number of Topliss-reactive ketones (excluding diaryl/α,β-unsaturated/α-hetero) is 2. The van der Waals surface area contributed by atoms with Crippen LogP contribution in [0.2, 0.25) is 5.02 Å².